The molecular formula is C8H10F2N2. The molecule has 0 bridgehead atoms. The summed E-state index contributed by atoms with van der Waals surface area (Å²) in [5.41, 5.74) is 5.87. The second-order valence-corrected chi connectivity index (χ2v) is 2.54. The van der Waals surface area contributed by atoms with Crippen molar-refractivity contribution >= 4 is 11.4 Å². The van der Waals surface area contributed by atoms with E-state index in [9.17, 15) is 8.78 Å². The SMILES string of the molecule is CNc1c(N)cc(C)c(F)c1F. The number of nitrogens with two attached hydrogens (primary N) is 1. The molecule has 0 atom stereocenters. The van der Waals surface area contributed by atoms with Gasteiger partial charge in [-0.05, 0) is 18.6 Å². The number of nitrogens with one attached hydrogen (secondary N) is 1. The second kappa shape index (κ2) is 2.97. The van der Waals surface area contributed by atoms with Gasteiger partial charge in [-0.15, -0.1) is 0 Å². The summed E-state index contributed by atoms with van der Waals surface area (Å²) < 4.78 is 25.9. The topological polar surface area (TPSA) is 38.0 Å². The van der Waals surface area contributed by atoms with Crippen LogP contribution in [0.25, 0.3) is 0 Å². The van der Waals surface area contributed by atoms with Crippen LogP contribution in [-0.4, -0.2) is 7.05 Å². The van der Waals surface area contributed by atoms with Gasteiger partial charge in [0.15, 0.2) is 11.6 Å². The lowest BCUT2D eigenvalue weighted by Crippen LogP contribution is -2.02. The maximum Gasteiger partial charge on any atom is 0.184 e. The largest absolute Gasteiger partial charge is 0.397 e. The molecule has 0 heterocycles. The highest BCUT2D eigenvalue weighted by Crippen LogP contribution is 2.26. The van der Waals surface area contributed by atoms with Crippen molar-refractivity contribution in [3.8, 4) is 0 Å². The van der Waals surface area contributed by atoms with Crippen molar-refractivity contribution in [3.63, 3.8) is 0 Å². The highest BCUT2D eigenvalue weighted by Gasteiger charge is 2.12. The van der Waals surface area contributed by atoms with Crippen molar-refractivity contribution in [2.45, 2.75) is 6.92 Å². The van der Waals surface area contributed by atoms with E-state index in [-0.39, 0.29) is 16.9 Å². The normalized spacial score (nSPS) is 10.0. The summed E-state index contributed by atoms with van der Waals surface area (Å²) in [4.78, 5) is 0. The molecule has 2 nitrogen and oxygen atoms in total. The minimum Gasteiger partial charge on any atom is -0.397 e. The minimum absolute atomic E-state index is 0.0121. The Labute approximate surface area is 69.4 Å². The highest BCUT2D eigenvalue weighted by molar-refractivity contribution is 5.67. The van der Waals surface area contributed by atoms with Crippen molar-refractivity contribution in [2.24, 2.45) is 0 Å². The fraction of sp³-hybridized carbons (Fsp3) is 0.250. The van der Waals surface area contributed by atoms with Crippen LogP contribution in [-0.2, 0) is 0 Å². The molecule has 0 aliphatic rings. The van der Waals surface area contributed by atoms with Crippen LogP contribution in [0.2, 0.25) is 0 Å². The van der Waals surface area contributed by atoms with E-state index in [1.165, 1.54) is 20.0 Å². The monoisotopic (exact) mass is 172 g/mol. The smallest absolute Gasteiger partial charge is 0.184 e. The van der Waals surface area contributed by atoms with Crippen molar-refractivity contribution in [1.29, 1.82) is 0 Å². The number of hydrogen-bond acceptors (Lipinski definition) is 2. The van der Waals surface area contributed by atoms with Crippen molar-refractivity contribution in [3.05, 3.63) is 23.3 Å². The predicted octanol–water partition coefficient (Wildman–Crippen LogP) is 1.90. The Bertz CT molecular complexity index is 310. The summed E-state index contributed by atoms with van der Waals surface area (Å²) in [6, 6.07) is 1.39. The quantitative estimate of drug-likeness (QED) is 0.635. The maximum absolute atomic E-state index is 13.0. The molecule has 0 spiro atoms. The van der Waals surface area contributed by atoms with Crippen LogP contribution in [0.15, 0.2) is 6.07 Å². The summed E-state index contributed by atoms with van der Waals surface area (Å²) in [6.45, 7) is 1.47. The van der Waals surface area contributed by atoms with E-state index in [0.29, 0.717) is 0 Å². The number of rotatable bonds is 1. The van der Waals surface area contributed by atoms with Gasteiger partial charge in [0.1, 0.15) is 0 Å². The molecule has 0 aliphatic carbocycles. The third kappa shape index (κ3) is 1.20. The van der Waals surface area contributed by atoms with Crippen LogP contribution in [0.4, 0.5) is 20.2 Å². The molecule has 0 saturated heterocycles. The van der Waals surface area contributed by atoms with E-state index >= 15 is 0 Å². The standard InChI is InChI=1S/C8H10F2N2/c1-4-3-5(11)8(12-2)7(10)6(4)9/h3,12H,11H2,1-2H3. The molecule has 12 heavy (non-hydrogen) atoms. The van der Waals surface area contributed by atoms with Gasteiger partial charge in [-0.25, -0.2) is 8.78 Å². The van der Waals surface area contributed by atoms with Crippen LogP contribution in [0.3, 0.4) is 0 Å². The Hall–Kier alpha value is -1.32. The maximum atomic E-state index is 13.0. The van der Waals surface area contributed by atoms with Gasteiger partial charge in [0.05, 0.1) is 11.4 Å². The fourth-order valence-electron chi connectivity index (χ4n) is 1.03. The molecule has 4 heteroatoms. The second-order valence-electron chi connectivity index (χ2n) is 2.54. The molecule has 0 aliphatic heterocycles. The van der Waals surface area contributed by atoms with Gasteiger partial charge < -0.3 is 11.1 Å². The molecule has 0 radical (unpaired) electrons. The lowest BCUT2D eigenvalue weighted by molar-refractivity contribution is 0.506. The molecule has 66 valence electrons. The van der Waals surface area contributed by atoms with E-state index < -0.39 is 11.6 Å². The van der Waals surface area contributed by atoms with Gasteiger partial charge in [0, 0.05) is 7.05 Å². The van der Waals surface area contributed by atoms with Gasteiger partial charge in [-0.2, -0.15) is 0 Å². The number of halogens is 2. The first-order valence-electron chi connectivity index (χ1n) is 3.49. The van der Waals surface area contributed by atoms with Gasteiger partial charge in [0.25, 0.3) is 0 Å². The summed E-state index contributed by atoms with van der Waals surface area (Å²) in [7, 11) is 1.49. The summed E-state index contributed by atoms with van der Waals surface area (Å²) in [6.07, 6.45) is 0. The van der Waals surface area contributed by atoms with E-state index in [1.54, 1.807) is 0 Å². The number of anilines is 2. The first-order chi connectivity index (χ1) is 5.57. The zero-order valence-electron chi connectivity index (χ0n) is 6.91. The molecular weight excluding hydrogens is 162 g/mol. The van der Waals surface area contributed by atoms with Crippen molar-refractivity contribution in [1.82, 2.24) is 0 Å². The highest BCUT2D eigenvalue weighted by atomic mass is 19.2. The first kappa shape index (κ1) is 8.77. The summed E-state index contributed by atoms with van der Waals surface area (Å²) in [5, 5.41) is 2.49. The van der Waals surface area contributed by atoms with Gasteiger partial charge >= 0.3 is 0 Å². The molecule has 1 aromatic carbocycles. The molecule has 1 rings (SSSR count). The lowest BCUT2D eigenvalue weighted by atomic mass is 10.1. The third-order valence-electron chi connectivity index (χ3n) is 1.67. The number of hydrogen-bond donors (Lipinski definition) is 2. The van der Waals surface area contributed by atoms with Gasteiger partial charge in [-0.1, -0.05) is 0 Å². The van der Waals surface area contributed by atoms with Crippen LogP contribution in [0, 0.1) is 18.6 Å². The van der Waals surface area contributed by atoms with Crippen LogP contribution in [0.5, 0.6) is 0 Å². The molecule has 0 saturated carbocycles. The predicted molar refractivity (Wildman–Crippen MR) is 45.1 cm³/mol. The lowest BCUT2D eigenvalue weighted by Gasteiger charge is -2.08. The van der Waals surface area contributed by atoms with Crippen molar-refractivity contribution in [2.75, 3.05) is 18.1 Å². The van der Waals surface area contributed by atoms with E-state index in [4.69, 9.17) is 5.73 Å². The average molecular weight is 172 g/mol. The zero-order chi connectivity index (χ0) is 9.30. The van der Waals surface area contributed by atoms with Crippen LogP contribution >= 0.6 is 0 Å². The zero-order valence-corrected chi connectivity index (χ0v) is 6.91. The van der Waals surface area contributed by atoms with E-state index in [0.717, 1.165) is 0 Å². The Morgan fingerprint density at radius 2 is 1.92 bits per heavy atom. The van der Waals surface area contributed by atoms with Crippen LogP contribution < -0.4 is 11.1 Å². The van der Waals surface area contributed by atoms with E-state index in [2.05, 4.69) is 5.32 Å². The molecule has 3 N–H and O–H groups in total. The van der Waals surface area contributed by atoms with Gasteiger partial charge in [0.2, 0.25) is 0 Å². The summed E-state index contributed by atoms with van der Waals surface area (Å²) in [5.74, 6) is -1.77. The molecule has 1 aromatic rings. The molecule has 0 unspecified atom stereocenters. The third-order valence-corrected chi connectivity index (χ3v) is 1.67. The Balaban J connectivity index is 3.40. The molecule has 0 amide bonds. The Morgan fingerprint density at radius 1 is 1.33 bits per heavy atom. The van der Waals surface area contributed by atoms with Crippen LogP contribution in [0.1, 0.15) is 5.56 Å². The number of aryl methyl sites for hydroxylation is 1. The fourth-order valence-corrected chi connectivity index (χ4v) is 1.03. The Kier molecular flexibility index (Phi) is 2.17. The van der Waals surface area contributed by atoms with Gasteiger partial charge in [-0.3, -0.25) is 0 Å². The minimum atomic E-state index is -0.921. The van der Waals surface area contributed by atoms with E-state index in [1.807, 2.05) is 0 Å². The molecule has 0 fully saturated rings. The molecule has 0 aromatic heterocycles. The van der Waals surface area contributed by atoms with Crippen molar-refractivity contribution < 1.29 is 8.78 Å². The Morgan fingerprint density at radius 3 is 2.42 bits per heavy atom. The summed E-state index contributed by atoms with van der Waals surface area (Å²) >= 11 is 0. The average Bonchev–Trinajstić information content (AvgIpc) is 2.01. The first-order valence-corrected chi connectivity index (χ1v) is 3.49. The number of nitrogen functional groups attached to an aromatic ring is 1. The number of benzene rings is 1.